The number of alkyl carbamates (subject to hydrolysis) is 1. The Labute approximate surface area is 378 Å². The zero-order valence-corrected chi connectivity index (χ0v) is 38.9. The molecule has 1 saturated heterocycles. The van der Waals surface area contributed by atoms with Crippen LogP contribution in [0.15, 0.2) is 36.2 Å². The minimum Gasteiger partial charge on any atom is -0.496 e. The Bertz CT molecular complexity index is 2410. The third kappa shape index (κ3) is 9.82. The number of rotatable bonds is 12. The van der Waals surface area contributed by atoms with Crippen LogP contribution in [0.4, 0.5) is 4.79 Å². The quantitative estimate of drug-likeness (QED) is 0.177. The van der Waals surface area contributed by atoms with Crippen molar-refractivity contribution in [3.63, 3.8) is 0 Å². The molecule has 3 saturated carbocycles. The van der Waals surface area contributed by atoms with E-state index in [-0.39, 0.29) is 50.3 Å². The molecule has 8 rings (SSSR count). The first-order valence-electron chi connectivity index (χ1n) is 22.5. The van der Waals surface area contributed by atoms with Crippen molar-refractivity contribution in [3.8, 4) is 17.4 Å². The van der Waals surface area contributed by atoms with Gasteiger partial charge in [-0.25, -0.2) is 23.2 Å². The number of nitrogens with zero attached hydrogens (tertiary/aromatic N) is 3. The molecule has 18 heteroatoms. The zero-order chi connectivity index (χ0) is 45.6. The molecule has 1 unspecified atom stereocenters. The normalized spacial score (nSPS) is 26.4. The van der Waals surface area contributed by atoms with Gasteiger partial charge in [0.25, 0.3) is 5.91 Å². The van der Waals surface area contributed by atoms with Gasteiger partial charge >= 0.3 is 6.09 Å². The second-order valence-corrected chi connectivity index (χ2v) is 22.0. The van der Waals surface area contributed by atoms with Crippen LogP contribution < -0.4 is 29.6 Å². The number of hydrogen-bond donors (Lipinski definition) is 3. The SMILES string of the molecule is C=C[C@@H]1CC1(NC(=O)[C@@H]1C[C@@H]2CN1C(=O)[C@H](C1CCCC1)NC(=O)OCC(C)(C)CCCc1cc3c(cc(OCc4csc(C(C)C)n4)nc3cc1OC)O2)C(=O)NS(=O)(=O)C1CC1. The number of nitrogens with one attached hydrogen (secondary N) is 3. The number of carbonyl (C=O) groups is 4. The number of pyridine rings is 1. The van der Waals surface area contributed by atoms with Crippen LogP contribution in [0.3, 0.4) is 0 Å². The molecule has 4 fully saturated rings. The number of benzene rings is 1. The van der Waals surface area contributed by atoms with E-state index in [1.165, 1.54) is 11.0 Å². The lowest BCUT2D eigenvalue weighted by atomic mass is 9.87. The van der Waals surface area contributed by atoms with Crippen molar-refractivity contribution in [2.24, 2.45) is 17.3 Å². The third-order valence-electron chi connectivity index (χ3n) is 13.3. The fourth-order valence-electron chi connectivity index (χ4n) is 9.29. The average Bonchev–Trinajstić information content (AvgIpc) is 4.02. The van der Waals surface area contributed by atoms with Gasteiger partial charge in [-0.05, 0) is 74.3 Å². The Hall–Kier alpha value is -4.97. The summed E-state index contributed by atoms with van der Waals surface area (Å²) in [6.45, 7) is 12.3. The highest BCUT2D eigenvalue weighted by atomic mass is 32.2. The molecular formula is C46H60N6O10S2. The topological polar surface area (TPSA) is 204 Å². The van der Waals surface area contributed by atoms with Crippen LogP contribution in [-0.4, -0.2) is 96.3 Å². The summed E-state index contributed by atoms with van der Waals surface area (Å²) in [4.78, 5) is 68.0. The van der Waals surface area contributed by atoms with Gasteiger partial charge in [0.15, 0.2) is 0 Å². The third-order valence-corrected chi connectivity index (χ3v) is 16.3. The Balaban J connectivity index is 1.16. The fraction of sp³-hybridized carbons (Fsp3) is 0.609. The standard InChI is InChI=1S/C46H60N6O10S2/c1-7-29-21-46(29,43(55)51-64(57,58)32-14-15-32)50-40(53)35-18-31-22-52(35)42(54)39(27-11-8-9-12-27)49-44(56)61-25-45(4,5)16-10-13-28-17-33-34(19-36(28)59-6)48-38(20-37(33)62-31)60-23-30-24-63-41(47-30)26(2)3/h7,17,19-20,24,26-27,29,31-32,35,39H,1,8-16,18,21-23,25H2,2-6H3,(H,49,56)(H,50,53)(H,51,55)/t29-,31-,35+,39+,46?/m1/s1. The Morgan fingerprint density at radius 1 is 1.11 bits per heavy atom. The van der Waals surface area contributed by atoms with Crippen LogP contribution in [0, 0.1) is 17.3 Å². The minimum atomic E-state index is -3.93. The van der Waals surface area contributed by atoms with E-state index < -0.39 is 74.1 Å². The van der Waals surface area contributed by atoms with Gasteiger partial charge in [0.1, 0.15) is 41.8 Å². The lowest BCUT2D eigenvalue weighted by Gasteiger charge is -2.32. The van der Waals surface area contributed by atoms with E-state index in [1.807, 2.05) is 31.4 Å². The molecule has 5 aliphatic rings. The number of sulfonamides is 1. The Morgan fingerprint density at radius 2 is 1.88 bits per heavy atom. The van der Waals surface area contributed by atoms with Crippen molar-refractivity contribution in [2.75, 3.05) is 20.3 Å². The van der Waals surface area contributed by atoms with E-state index in [0.29, 0.717) is 54.5 Å². The number of fused-ring (bicyclic) bond motifs is 3. The molecule has 4 amide bonds. The maximum absolute atomic E-state index is 15.0. The minimum absolute atomic E-state index is 0.0181. The van der Waals surface area contributed by atoms with Crippen LogP contribution >= 0.6 is 11.3 Å². The van der Waals surface area contributed by atoms with Crippen LogP contribution in [0.5, 0.6) is 17.4 Å². The summed E-state index contributed by atoms with van der Waals surface area (Å²) in [5.41, 5.74) is 0.271. The fourth-order valence-corrected chi connectivity index (χ4v) is 11.5. The predicted octanol–water partition coefficient (Wildman–Crippen LogP) is 6.07. The molecule has 16 nitrogen and oxygen atoms in total. The summed E-state index contributed by atoms with van der Waals surface area (Å²) >= 11 is 1.57. The van der Waals surface area contributed by atoms with E-state index in [2.05, 4.69) is 35.8 Å². The zero-order valence-electron chi connectivity index (χ0n) is 37.3. The number of aromatic nitrogens is 2. The van der Waals surface area contributed by atoms with E-state index in [4.69, 9.17) is 28.9 Å². The molecule has 4 heterocycles. The van der Waals surface area contributed by atoms with E-state index in [9.17, 15) is 27.6 Å². The molecule has 3 aromatic rings. The van der Waals surface area contributed by atoms with Gasteiger partial charge in [-0.2, -0.15) is 0 Å². The second-order valence-electron chi connectivity index (χ2n) is 19.2. The van der Waals surface area contributed by atoms with Gasteiger partial charge in [-0.1, -0.05) is 46.6 Å². The van der Waals surface area contributed by atoms with Crippen molar-refractivity contribution >= 4 is 56.1 Å². The van der Waals surface area contributed by atoms with Gasteiger partial charge < -0.3 is 34.5 Å². The largest absolute Gasteiger partial charge is 0.496 e. The van der Waals surface area contributed by atoms with Gasteiger partial charge in [0.05, 0.1) is 41.7 Å². The van der Waals surface area contributed by atoms with Crippen LogP contribution in [-0.2, 0) is 42.2 Å². The molecule has 3 aliphatic carbocycles. The van der Waals surface area contributed by atoms with Crippen molar-refractivity contribution in [1.29, 1.82) is 0 Å². The molecule has 0 spiro atoms. The predicted molar refractivity (Wildman–Crippen MR) is 240 cm³/mol. The summed E-state index contributed by atoms with van der Waals surface area (Å²) in [7, 11) is -2.32. The van der Waals surface area contributed by atoms with Crippen molar-refractivity contribution in [2.45, 2.75) is 140 Å². The van der Waals surface area contributed by atoms with E-state index in [1.54, 1.807) is 24.5 Å². The Morgan fingerprint density at radius 3 is 2.55 bits per heavy atom. The number of hydrogen-bond acceptors (Lipinski definition) is 13. The molecule has 0 radical (unpaired) electrons. The summed E-state index contributed by atoms with van der Waals surface area (Å²) < 4.78 is 52.8. The number of ether oxygens (including phenoxy) is 4. The lowest BCUT2D eigenvalue weighted by molar-refractivity contribution is -0.142. The number of cyclic esters (lactones) is 1. The molecule has 2 aromatic heterocycles. The molecule has 1 aromatic carbocycles. The molecule has 4 bridgehead atoms. The summed E-state index contributed by atoms with van der Waals surface area (Å²) in [5, 5.41) is 8.75. The smallest absolute Gasteiger partial charge is 0.407 e. The Kier molecular flexibility index (Phi) is 12.9. The summed E-state index contributed by atoms with van der Waals surface area (Å²) in [5.74, 6) is -1.08. The van der Waals surface area contributed by atoms with Gasteiger partial charge in [0.2, 0.25) is 27.7 Å². The molecule has 346 valence electrons. The lowest BCUT2D eigenvalue weighted by Crippen LogP contribution is -2.59. The maximum Gasteiger partial charge on any atom is 0.407 e. The monoisotopic (exact) mass is 920 g/mol. The average molecular weight is 921 g/mol. The van der Waals surface area contributed by atoms with Gasteiger partial charge in [-0.3, -0.25) is 19.1 Å². The highest BCUT2D eigenvalue weighted by Crippen LogP contribution is 2.46. The highest BCUT2D eigenvalue weighted by molar-refractivity contribution is 7.91. The van der Waals surface area contributed by atoms with Crippen molar-refractivity contribution in [3.05, 3.63) is 52.5 Å². The second kappa shape index (κ2) is 18.1. The van der Waals surface area contributed by atoms with E-state index >= 15 is 0 Å². The van der Waals surface area contributed by atoms with E-state index in [0.717, 1.165) is 41.9 Å². The molecular weight excluding hydrogens is 861 g/mol. The molecule has 5 atom stereocenters. The number of aryl methyl sites for hydroxylation is 1. The molecule has 2 aliphatic heterocycles. The van der Waals surface area contributed by atoms with Crippen LogP contribution in [0.25, 0.3) is 10.9 Å². The first-order valence-corrected chi connectivity index (χ1v) is 24.9. The molecule has 64 heavy (non-hydrogen) atoms. The highest BCUT2D eigenvalue weighted by Gasteiger charge is 2.62. The van der Waals surface area contributed by atoms with Crippen LogP contribution in [0.1, 0.15) is 114 Å². The first-order chi connectivity index (χ1) is 30.5. The molecule has 3 N–H and O–H groups in total. The van der Waals surface area contributed by atoms with Gasteiger partial charge in [0, 0.05) is 41.2 Å². The number of amides is 4. The van der Waals surface area contributed by atoms with Crippen molar-refractivity contribution < 1.29 is 46.5 Å². The summed E-state index contributed by atoms with van der Waals surface area (Å²) in [6, 6.07) is 3.41. The first kappa shape index (κ1) is 45.6. The van der Waals surface area contributed by atoms with Gasteiger partial charge in [-0.15, -0.1) is 17.9 Å². The maximum atomic E-state index is 15.0. The number of carbonyl (C=O) groups excluding carboxylic acids is 4. The number of methoxy groups -OCH3 is 1. The van der Waals surface area contributed by atoms with Crippen molar-refractivity contribution in [1.82, 2.24) is 30.2 Å². The number of thiazole rings is 1. The van der Waals surface area contributed by atoms with Crippen LogP contribution in [0.2, 0.25) is 0 Å². The summed E-state index contributed by atoms with van der Waals surface area (Å²) in [6.07, 6.45) is 6.41.